The monoisotopic (exact) mass is 375 g/mol. The summed E-state index contributed by atoms with van der Waals surface area (Å²) in [7, 11) is 0. The van der Waals surface area contributed by atoms with E-state index in [1.165, 1.54) is 16.6 Å². The molecule has 0 atom stereocenters. The van der Waals surface area contributed by atoms with Crippen molar-refractivity contribution >= 4 is 22.5 Å². The highest BCUT2D eigenvalue weighted by atomic mass is 19.3. The first-order valence-electron chi connectivity index (χ1n) is 8.03. The average molecular weight is 375 g/mol. The van der Waals surface area contributed by atoms with Crippen LogP contribution in [0.25, 0.3) is 16.6 Å². The average Bonchev–Trinajstić information content (AvgIpc) is 3.24. The molecule has 9 nitrogen and oxygen atoms in total. The van der Waals surface area contributed by atoms with Crippen LogP contribution in [0.4, 0.5) is 14.7 Å². The summed E-state index contributed by atoms with van der Waals surface area (Å²) in [6, 6.07) is 4.54. The number of ether oxygens (including phenoxy) is 1. The van der Waals surface area contributed by atoms with Crippen molar-refractivity contribution in [2.75, 3.05) is 5.73 Å². The number of hydrogen-bond acceptors (Lipinski definition) is 7. The minimum atomic E-state index is -3.50. The van der Waals surface area contributed by atoms with Crippen LogP contribution in [-0.2, 0) is 13.0 Å². The highest BCUT2D eigenvalue weighted by Gasteiger charge is 2.28. The molecule has 0 aliphatic rings. The van der Waals surface area contributed by atoms with Crippen LogP contribution in [0.5, 0.6) is 11.5 Å². The fraction of sp³-hybridized carbons (Fsp3) is 0.250. The molecule has 0 spiro atoms. The van der Waals surface area contributed by atoms with E-state index in [1.807, 2.05) is 12.3 Å². The van der Waals surface area contributed by atoms with Crippen molar-refractivity contribution in [1.82, 2.24) is 29.4 Å². The molecule has 3 aromatic heterocycles. The summed E-state index contributed by atoms with van der Waals surface area (Å²) >= 11 is 0. The van der Waals surface area contributed by atoms with Gasteiger partial charge in [-0.25, -0.2) is 9.97 Å². The number of phenolic OH excluding ortho intramolecular Hbond substituents is 1. The summed E-state index contributed by atoms with van der Waals surface area (Å²) in [6.45, 7) is 1.13. The summed E-state index contributed by atoms with van der Waals surface area (Å²) in [5.74, 6) is -0.512. The van der Waals surface area contributed by atoms with E-state index in [0.717, 1.165) is 0 Å². The number of phenols is 1. The smallest absolute Gasteiger partial charge is 0.395 e. The number of halogens is 2. The molecule has 0 fully saturated rings. The van der Waals surface area contributed by atoms with Crippen molar-refractivity contribution in [3.05, 3.63) is 36.4 Å². The van der Waals surface area contributed by atoms with Crippen LogP contribution >= 0.6 is 0 Å². The molecule has 4 aromatic rings. The third-order valence-electron chi connectivity index (χ3n) is 3.85. The second-order valence-corrected chi connectivity index (χ2v) is 5.97. The lowest BCUT2D eigenvalue weighted by Crippen LogP contribution is -2.19. The number of benzene rings is 1. The second-order valence-electron chi connectivity index (χ2n) is 5.97. The van der Waals surface area contributed by atoms with Gasteiger partial charge >= 0.3 is 6.11 Å². The van der Waals surface area contributed by atoms with Crippen molar-refractivity contribution in [2.24, 2.45) is 0 Å². The first-order chi connectivity index (χ1) is 12.8. The molecule has 3 N–H and O–H groups in total. The molecule has 0 saturated heterocycles. The van der Waals surface area contributed by atoms with Crippen LogP contribution in [0.15, 0.2) is 30.6 Å². The first kappa shape index (κ1) is 16.9. The maximum Gasteiger partial charge on any atom is 0.395 e. The summed E-state index contributed by atoms with van der Waals surface area (Å²) < 4.78 is 34.3. The Balaban J connectivity index is 1.81. The van der Waals surface area contributed by atoms with E-state index >= 15 is 0 Å². The van der Waals surface area contributed by atoms with E-state index in [0.29, 0.717) is 36.7 Å². The zero-order chi connectivity index (χ0) is 19.2. The molecule has 0 bridgehead atoms. The molecule has 0 saturated carbocycles. The molecule has 0 unspecified atom stereocenters. The number of alkyl halides is 2. The van der Waals surface area contributed by atoms with Gasteiger partial charge in [0.05, 0.1) is 0 Å². The van der Waals surface area contributed by atoms with Crippen LogP contribution in [0.3, 0.4) is 0 Å². The largest absolute Gasteiger partial charge is 0.504 e. The predicted molar refractivity (Wildman–Crippen MR) is 91.5 cm³/mol. The lowest BCUT2D eigenvalue weighted by molar-refractivity contribution is -0.159. The van der Waals surface area contributed by atoms with Crippen molar-refractivity contribution in [2.45, 2.75) is 26.0 Å². The van der Waals surface area contributed by atoms with Gasteiger partial charge in [-0.1, -0.05) is 0 Å². The van der Waals surface area contributed by atoms with Gasteiger partial charge in [0.1, 0.15) is 5.52 Å². The molecule has 0 amide bonds. The maximum atomic E-state index is 13.3. The van der Waals surface area contributed by atoms with Crippen molar-refractivity contribution in [3.63, 3.8) is 0 Å². The minimum Gasteiger partial charge on any atom is -0.504 e. The number of aromatic hydroxyl groups is 1. The number of nitrogen functional groups attached to an aromatic ring is 1. The SMILES string of the molecule is CC(F)(F)Oc1c(O)ccc2c1nc(N)n1nc(CCn3cccn3)nc21. The van der Waals surface area contributed by atoms with Crippen LogP contribution in [0.2, 0.25) is 0 Å². The van der Waals surface area contributed by atoms with Gasteiger partial charge in [0, 0.05) is 37.7 Å². The van der Waals surface area contributed by atoms with E-state index in [4.69, 9.17) is 5.73 Å². The number of anilines is 1. The number of aryl methyl sites for hydroxylation is 2. The predicted octanol–water partition coefficient (Wildman–Crippen LogP) is 2.00. The third kappa shape index (κ3) is 3.18. The number of fused-ring (bicyclic) bond motifs is 3. The van der Waals surface area contributed by atoms with Crippen LogP contribution in [0, 0.1) is 0 Å². The van der Waals surface area contributed by atoms with Gasteiger partial charge in [-0.05, 0) is 18.2 Å². The molecule has 0 radical (unpaired) electrons. The fourth-order valence-electron chi connectivity index (χ4n) is 2.74. The molecular weight excluding hydrogens is 360 g/mol. The van der Waals surface area contributed by atoms with Crippen molar-refractivity contribution < 1.29 is 18.6 Å². The number of rotatable bonds is 5. The van der Waals surface area contributed by atoms with Gasteiger partial charge in [0.25, 0.3) is 0 Å². The van der Waals surface area contributed by atoms with Gasteiger partial charge in [0.2, 0.25) is 5.95 Å². The molecule has 0 aliphatic carbocycles. The summed E-state index contributed by atoms with van der Waals surface area (Å²) in [5.41, 5.74) is 6.23. The highest BCUT2D eigenvalue weighted by Crippen LogP contribution is 2.38. The molecule has 4 rings (SSSR count). The summed E-state index contributed by atoms with van der Waals surface area (Å²) in [6.07, 6.45) is 0.470. The van der Waals surface area contributed by atoms with Crippen molar-refractivity contribution in [1.29, 1.82) is 0 Å². The topological polar surface area (TPSA) is 116 Å². The maximum absolute atomic E-state index is 13.3. The highest BCUT2D eigenvalue weighted by molar-refractivity contribution is 5.97. The lowest BCUT2D eigenvalue weighted by atomic mass is 10.2. The first-order valence-corrected chi connectivity index (χ1v) is 8.03. The Hall–Kier alpha value is -3.50. The Bertz CT molecular complexity index is 1120. The number of nitrogens with zero attached hydrogens (tertiary/aromatic N) is 6. The zero-order valence-corrected chi connectivity index (χ0v) is 14.2. The molecule has 11 heteroatoms. The molecule has 27 heavy (non-hydrogen) atoms. The Morgan fingerprint density at radius 3 is 2.81 bits per heavy atom. The Morgan fingerprint density at radius 1 is 1.30 bits per heavy atom. The van der Waals surface area contributed by atoms with Crippen LogP contribution < -0.4 is 10.5 Å². The standard InChI is InChI=1S/C16H15F2N7O2/c1-16(17,18)27-13-10(26)4-3-9-12(13)22-15(19)25-14(9)21-11(23-25)5-8-24-7-2-6-20-24/h2-4,6-7,26H,5,8H2,1H3,(H2,19,22). The minimum absolute atomic E-state index is 0.0208. The Labute approximate surface area is 151 Å². The quantitative estimate of drug-likeness (QED) is 0.548. The molecular formula is C16H15F2N7O2. The van der Waals surface area contributed by atoms with E-state index in [-0.39, 0.29) is 11.5 Å². The van der Waals surface area contributed by atoms with E-state index in [2.05, 4.69) is 24.9 Å². The second kappa shape index (κ2) is 6.04. The lowest BCUT2D eigenvalue weighted by Gasteiger charge is -2.15. The third-order valence-corrected chi connectivity index (χ3v) is 3.85. The van der Waals surface area contributed by atoms with Crippen molar-refractivity contribution in [3.8, 4) is 11.5 Å². The zero-order valence-electron chi connectivity index (χ0n) is 14.2. The van der Waals surface area contributed by atoms with Gasteiger partial charge in [0.15, 0.2) is 23.0 Å². The molecule has 140 valence electrons. The van der Waals surface area contributed by atoms with Gasteiger partial charge < -0.3 is 15.6 Å². The number of hydrogen-bond donors (Lipinski definition) is 2. The summed E-state index contributed by atoms with van der Waals surface area (Å²) in [5, 5.41) is 18.7. The Morgan fingerprint density at radius 2 is 2.11 bits per heavy atom. The van der Waals surface area contributed by atoms with E-state index in [9.17, 15) is 13.9 Å². The van der Waals surface area contributed by atoms with Crippen LogP contribution in [0.1, 0.15) is 12.7 Å². The summed E-state index contributed by atoms with van der Waals surface area (Å²) in [4.78, 5) is 8.51. The molecule has 3 heterocycles. The Kier molecular flexibility index (Phi) is 3.79. The van der Waals surface area contributed by atoms with E-state index < -0.39 is 17.6 Å². The van der Waals surface area contributed by atoms with Gasteiger partial charge in [-0.2, -0.15) is 18.4 Å². The normalized spacial score (nSPS) is 12.1. The number of nitrogens with two attached hydrogens (primary N) is 1. The van der Waals surface area contributed by atoms with E-state index in [1.54, 1.807) is 10.9 Å². The molecule has 0 aliphatic heterocycles. The molecule has 1 aromatic carbocycles. The van der Waals surface area contributed by atoms with Crippen LogP contribution in [-0.4, -0.2) is 40.6 Å². The van der Waals surface area contributed by atoms with Gasteiger partial charge in [-0.3, -0.25) is 4.68 Å². The fourth-order valence-corrected chi connectivity index (χ4v) is 2.74. The van der Waals surface area contributed by atoms with Gasteiger partial charge in [-0.15, -0.1) is 5.10 Å². The number of aromatic nitrogens is 6.